The summed E-state index contributed by atoms with van der Waals surface area (Å²) in [7, 11) is 1.86. The Labute approximate surface area is 150 Å². The van der Waals surface area contributed by atoms with Gasteiger partial charge in [0.2, 0.25) is 5.91 Å². The van der Waals surface area contributed by atoms with Gasteiger partial charge in [-0.2, -0.15) is 0 Å². The number of hydrogen-bond acceptors (Lipinski definition) is 2. The van der Waals surface area contributed by atoms with Crippen LogP contribution in [-0.4, -0.2) is 15.5 Å². The lowest BCUT2D eigenvalue weighted by atomic mass is 10.0. The molecule has 0 aliphatic heterocycles. The minimum atomic E-state index is -0.490. The van der Waals surface area contributed by atoms with Crippen LogP contribution in [0.5, 0.6) is 0 Å². The second kappa shape index (κ2) is 7.49. The van der Waals surface area contributed by atoms with E-state index in [-0.39, 0.29) is 22.9 Å². The molecule has 0 radical (unpaired) electrons. The van der Waals surface area contributed by atoms with Crippen molar-refractivity contribution in [2.24, 2.45) is 7.05 Å². The van der Waals surface area contributed by atoms with Crippen molar-refractivity contribution in [3.05, 3.63) is 88.7 Å². The first-order valence-electron chi connectivity index (χ1n) is 7.80. The first kappa shape index (κ1) is 17.2. The molecule has 3 aromatic rings. The maximum absolute atomic E-state index is 13.9. The van der Waals surface area contributed by atoms with Crippen molar-refractivity contribution in [2.75, 3.05) is 0 Å². The molecule has 3 rings (SSSR count). The van der Waals surface area contributed by atoms with E-state index >= 15 is 0 Å². The van der Waals surface area contributed by atoms with Gasteiger partial charge in [-0.1, -0.05) is 48.0 Å². The van der Waals surface area contributed by atoms with Gasteiger partial charge in [-0.25, -0.2) is 9.37 Å². The van der Waals surface area contributed by atoms with E-state index in [2.05, 4.69) is 10.3 Å². The standard InChI is InChI=1S/C19H17ClFN3O/c1-24-11-10-22-19(24)18(13-6-3-2-4-7-13)23-17(25)12-14-15(20)8-5-9-16(14)21/h2-11,18H,12H2,1H3,(H,23,25). The Morgan fingerprint density at radius 1 is 1.24 bits per heavy atom. The summed E-state index contributed by atoms with van der Waals surface area (Å²) in [5.41, 5.74) is 1.08. The second-order valence-corrected chi connectivity index (χ2v) is 6.09. The summed E-state index contributed by atoms with van der Waals surface area (Å²) in [6, 6.07) is 13.5. The number of aromatic nitrogens is 2. The maximum atomic E-state index is 13.9. The molecule has 0 spiro atoms. The Hall–Kier alpha value is -2.66. The molecule has 1 atom stereocenters. The zero-order valence-electron chi connectivity index (χ0n) is 13.6. The third kappa shape index (κ3) is 3.88. The Morgan fingerprint density at radius 3 is 2.64 bits per heavy atom. The van der Waals surface area contributed by atoms with E-state index in [1.807, 2.05) is 48.1 Å². The zero-order chi connectivity index (χ0) is 17.8. The molecule has 1 N–H and O–H groups in total. The summed E-state index contributed by atoms with van der Waals surface area (Å²) >= 11 is 6.02. The van der Waals surface area contributed by atoms with Crippen molar-refractivity contribution in [1.82, 2.24) is 14.9 Å². The predicted octanol–water partition coefficient (Wildman–Crippen LogP) is 3.66. The summed E-state index contributed by atoms with van der Waals surface area (Å²) in [5, 5.41) is 3.17. The summed E-state index contributed by atoms with van der Waals surface area (Å²) < 4.78 is 15.8. The SMILES string of the molecule is Cn1ccnc1C(NC(=O)Cc1c(F)cccc1Cl)c1ccccc1. The van der Waals surface area contributed by atoms with Crippen LogP contribution in [0.2, 0.25) is 5.02 Å². The monoisotopic (exact) mass is 357 g/mol. The fraction of sp³-hybridized carbons (Fsp3) is 0.158. The van der Waals surface area contributed by atoms with Crippen LogP contribution < -0.4 is 5.32 Å². The highest BCUT2D eigenvalue weighted by molar-refractivity contribution is 6.31. The van der Waals surface area contributed by atoms with Crippen LogP contribution in [0, 0.1) is 5.82 Å². The number of halogens is 2. The highest BCUT2D eigenvalue weighted by atomic mass is 35.5. The molecule has 0 aliphatic rings. The molecular weight excluding hydrogens is 341 g/mol. The normalized spacial score (nSPS) is 12.0. The quantitative estimate of drug-likeness (QED) is 0.757. The Bertz CT molecular complexity index is 859. The van der Waals surface area contributed by atoms with Gasteiger partial charge in [0.25, 0.3) is 0 Å². The minimum Gasteiger partial charge on any atom is -0.342 e. The van der Waals surface area contributed by atoms with Gasteiger partial charge < -0.3 is 9.88 Å². The van der Waals surface area contributed by atoms with Gasteiger partial charge in [-0.15, -0.1) is 0 Å². The molecule has 128 valence electrons. The molecule has 25 heavy (non-hydrogen) atoms. The number of nitrogens with one attached hydrogen (secondary N) is 1. The van der Waals surface area contributed by atoms with Crippen molar-refractivity contribution < 1.29 is 9.18 Å². The lowest BCUT2D eigenvalue weighted by molar-refractivity contribution is -0.121. The molecule has 0 fully saturated rings. The van der Waals surface area contributed by atoms with E-state index in [1.165, 1.54) is 12.1 Å². The van der Waals surface area contributed by atoms with Gasteiger partial charge in [0.05, 0.1) is 6.42 Å². The van der Waals surface area contributed by atoms with Crippen LogP contribution in [0.25, 0.3) is 0 Å². The first-order chi connectivity index (χ1) is 12.1. The second-order valence-electron chi connectivity index (χ2n) is 5.68. The largest absolute Gasteiger partial charge is 0.342 e. The Balaban J connectivity index is 1.86. The van der Waals surface area contributed by atoms with Gasteiger partial charge in [-0.05, 0) is 17.7 Å². The number of benzene rings is 2. The number of hydrogen-bond donors (Lipinski definition) is 1. The van der Waals surface area contributed by atoms with Crippen LogP contribution in [0.4, 0.5) is 4.39 Å². The van der Waals surface area contributed by atoms with Crippen LogP contribution >= 0.6 is 11.6 Å². The number of carbonyl (C=O) groups is 1. The fourth-order valence-corrected chi connectivity index (χ4v) is 2.90. The summed E-state index contributed by atoms with van der Waals surface area (Å²) in [4.78, 5) is 16.9. The average Bonchev–Trinajstić information content (AvgIpc) is 3.03. The number of carbonyl (C=O) groups excluding carboxylic acids is 1. The number of rotatable bonds is 5. The predicted molar refractivity (Wildman–Crippen MR) is 94.7 cm³/mol. The number of amides is 1. The highest BCUT2D eigenvalue weighted by Crippen LogP contribution is 2.22. The molecule has 0 saturated carbocycles. The summed E-state index contributed by atoms with van der Waals surface area (Å²) in [6.07, 6.45) is 3.34. The van der Waals surface area contributed by atoms with Crippen LogP contribution in [0.3, 0.4) is 0 Å². The van der Waals surface area contributed by atoms with Gasteiger partial charge in [0.1, 0.15) is 17.7 Å². The third-order valence-corrected chi connectivity index (χ3v) is 4.31. The van der Waals surface area contributed by atoms with E-state index in [0.29, 0.717) is 5.82 Å². The van der Waals surface area contributed by atoms with E-state index in [0.717, 1.165) is 5.56 Å². The molecule has 2 aromatic carbocycles. The van der Waals surface area contributed by atoms with E-state index in [1.54, 1.807) is 12.3 Å². The molecule has 0 aliphatic carbocycles. The first-order valence-corrected chi connectivity index (χ1v) is 8.18. The lowest BCUT2D eigenvalue weighted by Crippen LogP contribution is -2.32. The van der Waals surface area contributed by atoms with Gasteiger partial charge >= 0.3 is 0 Å². The minimum absolute atomic E-state index is 0.140. The number of aryl methyl sites for hydroxylation is 1. The van der Waals surface area contributed by atoms with Crippen molar-refractivity contribution in [2.45, 2.75) is 12.5 Å². The molecule has 0 saturated heterocycles. The fourth-order valence-electron chi connectivity index (χ4n) is 2.67. The average molecular weight is 358 g/mol. The van der Waals surface area contributed by atoms with Crippen molar-refractivity contribution >= 4 is 17.5 Å². The van der Waals surface area contributed by atoms with Gasteiger partial charge in [0, 0.05) is 30.0 Å². The van der Waals surface area contributed by atoms with Gasteiger partial charge in [-0.3, -0.25) is 4.79 Å². The van der Waals surface area contributed by atoms with E-state index < -0.39 is 11.9 Å². The Kier molecular flexibility index (Phi) is 5.14. The number of nitrogens with zero attached hydrogens (tertiary/aromatic N) is 2. The molecule has 4 nitrogen and oxygen atoms in total. The van der Waals surface area contributed by atoms with Crippen molar-refractivity contribution in [1.29, 1.82) is 0 Å². The molecular formula is C19H17ClFN3O. The zero-order valence-corrected chi connectivity index (χ0v) is 14.4. The van der Waals surface area contributed by atoms with Crippen molar-refractivity contribution in [3.8, 4) is 0 Å². The molecule has 1 aromatic heterocycles. The maximum Gasteiger partial charge on any atom is 0.225 e. The number of imidazole rings is 1. The van der Waals surface area contributed by atoms with Gasteiger partial charge in [0.15, 0.2) is 0 Å². The molecule has 6 heteroatoms. The van der Waals surface area contributed by atoms with Crippen LogP contribution in [-0.2, 0) is 18.3 Å². The molecule has 1 amide bonds. The highest BCUT2D eigenvalue weighted by Gasteiger charge is 2.21. The van der Waals surface area contributed by atoms with Crippen molar-refractivity contribution in [3.63, 3.8) is 0 Å². The third-order valence-electron chi connectivity index (χ3n) is 3.95. The summed E-state index contributed by atoms with van der Waals surface area (Å²) in [5.74, 6) is -0.126. The van der Waals surface area contributed by atoms with Crippen LogP contribution in [0.15, 0.2) is 60.9 Å². The van der Waals surface area contributed by atoms with E-state index in [9.17, 15) is 9.18 Å². The topological polar surface area (TPSA) is 46.9 Å². The molecule has 1 unspecified atom stereocenters. The van der Waals surface area contributed by atoms with E-state index in [4.69, 9.17) is 11.6 Å². The molecule has 0 bridgehead atoms. The summed E-state index contributed by atoms with van der Waals surface area (Å²) in [6.45, 7) is 0. The lowest BCUT2D eigenvalue weighted by Gasteiger charge is -2.19. The Morgan fingerprint density at radius 2 is 2.00 bits per heavy atom. The molecule has 1 heterocycles. The van der Waals surface area contributed by atoms with Crippen LogP contribution in [0.1, 0.15) is 23.0 Å². The smallest absolute Gasteiger partial charge is 0.225 e.